The average Bonchev–Trinajstić information content (AvgIpc) is 3.32. The second kappa shape index (κ2) is 6.16. The van der Waals surface area contributed by atoms with Crippen LogP contribution in [0.15, 0.2) is 18.2 Å². The van der Waals surface area contributed by atoms with Gasteiger partial charge in [-0.05, 0) is 55.7 Å². The summed E-state index contributed by atoms with van der Waals surface area (Å²) >= 11 is 6.06. The van der Waals surface area contributed by atoms with Crippen LogP contribution in [-0.4, -0.2) is 23.6 Å². The van der Waals surface area contributed by atoms with Crippen molar-refractivity contribution in [3.05, 3.63) is 23.2 Å². The molecule has 6 heteroatoms. The SMILES string of the molecule is O=C(O)COc1ccc(NC(=O)C(C2CC2)C2CC2)cc1Cl. The highest BCUT2D eigenvalue weighted by molar-refractivity contribution is 6.32. The van der Waals surface area contributed by atoms with E-state index in [2.05, 4.69) is 5.32 Å². The van der Waals surface area contributed by atoms with Gasteiger partial charge >= 0.3 is 5.97 Å². The average molecular weight is 324 g/mol. The predicted molar refractivity (Wildman–Crippen MR) is 82.2 cm³/mol. The number of anilines is 1. The van der Waals surface area contributed by atoms with Crippen LogP contribution in [-0.2, 0) is 9.59 Å². The highest BCUT2D eigenvalue weighted by Gasteiger charge is 2.45. The van der Waals surface area contributed by atoms with E-state index in [-0.39, 0.29) is 16.8 Å². The second-order valence-corrected chi connectivity index (χ2v) is 6.42. The maximum atomic E-state index is 12.4. The summed E-state index contributed by atoms with van der Waals surface area (Å²) in [6.07, 6.45) is 4.60. The normalized spacial score (nSPS) is 17.4. The molecule has 0 saturated heterocycles. The summed E-state index contributed by atoms with van der Waals surface area (Å²) < 4.78 is 5.06. The molecule has 2 N–H and O–H groups in total. The minimum atomic E-state index is -1.06. The zero-order chi connectivity index (χ0) is 15.7. The summed E-state index contributed by atoms with van der Waals surface area (Å²) in [5, 5.41) is 11.8. The van der Waals surface area contributed by atoms with Gasteiger partial charge in [0.05, 0.1) is 5.02 Å². The van der Waals surface area contributed by atoms with Gasteiger partial charge in [0.2, 0.25) is 5.91 Å². The fourth-order valence-corrected chi connectivity index (χ4v) is 3.02. The third kappa shape index (κ3) is 3.71. The summed E-state index contributed by atoms with van der Waals surface area (Å²) in [6.45, 7) is -0.448. The van der Waals surface area contributed by atoms with Gasteiger partial charge in [-0.2, -0.15) is 0 Å². The van der Waals surface area contributed by atoms with E-state index >= 15 is 0 Å². The molecule has 1 amide bonds. The lowest BCUT2D eigenvalue weighted by Gasteiger charge is -2.16. The maximum absolute atomic E-state index is 12.4. The number of hydrogen-bond acceptors (Lipinski definition) is 3. The Labute approximate surface area is 133 Å². The van der Waals surface area contributed by atoms with Gasteiger partial charge in [0, 0.05) is 11.6 Å². The molecule has 5 nitrogen and oxygen atoms in total. The lowest BCUT2D eigenvalue weighted by Crippen LogP contribution is -2.26. The van der Waals surface area contributed by atoms with E-state index in [0.29, 0.717) is 23.3 Å². The van der Waals surface area contributed by atoms with Crippen molar-refractivity contribution >= 4 is 29.2 Å². The fraction of sp³-hybridized carbons (Fsp3) is 0.500. The number of halogens is 1. The number of carboxylic acid groups (broad SMARTS) is 1. The molecule has 0 bridgehead atoms. The smallest absolute Gasteiger partial charge is 0.341 e. The van der Waals surface area contributed by atoms with E-state index in [9.17, 15) is 9.59 Å². The van der Waals surface area contributed by atoms with Gasteiger partial charge in [-0.3, -0.25) is 4.79 Å². The zero-order valence-electron chi connectivity index (χ0n) is 12.0. The van der Waals surface area contributed by atoms with Gasteiger partial charge in [-0.15, -0.1) is 0 Å². The summed E-state index contributed by atoms with van der Waals surface area (Å²) in [5.41, 5.74) is 0.615. The molecule has 0 spiro atoms. The number of benzene rings is 1. The first-order valence-electron chi connectivity index (χ1n) is 7.49. The standard InChI is InChI=1S/C16H18ClNO4/c17-12-7-11(5-6-13(12)22-8-14(19)20)18-16(21)15(9-1-2-9)10-3-4-10/h5-7,9-10,15H,1-4,8H2,(H,18,21)(H,19,20). The monoisotopic (exact) mass is 323 g/mol. The van der Waals surface area contributed by atoms with Crippen molar-refractivity contribution in [1.82, 2.24) is 0 Å². The quantitative estimate of drug-likeness (QED) is 0.808. The number of carbonyl (C=O) groups is 2. The molecule has 118 valence electrons. The second-order valence-electron chi connectivity index (χ2n) is 6.02. The number of aliphatic carboxylic acids is 1. The molecule has 0 heterocycles. The molecule has 3 rings (SSSR count). The van der Waals surface area contributed by atoms with E-state index in [1.54, 1.807) is 18.2 Å². The van der Waals surface area contributed by atoms with Gasteiger partial charge in [-0.1, -0.05) is 11.6 Å². The number of ether oxygens (including phenoxy) is 1. The van der Waals surface area contributed by atoms with Gasteiger partial charge < -0.3 is 15.2 Å². The minimum Gasteiger partial charge on any atom is -0.480 e. The van der Waals surface area contributed by atoms with Crippen LogP contribution in [0.1, 0.15) is 25.7 Å². The van der Waals surface area contributed by atoms with Crippen molar-refractivity contribution in [3.63, 3.8) is 0 Å². The summed E-state index contributed by atoms with van der Waals surface area (Å²) in [4.78, 5) is 22.9. The molecule has 22 heavy (non-hydrogen) atoms. The molecule has 2 aliphatic carbocycles. The molecule has 0 unspecified atom stereocenters. The van der Waals surface area contributed by atoms with E-state index in [1.165, 1.54) is 0 Å². The Bertz CT molecular complexity index is 584. The van der Waals surface area contributed by atoms with Gasteiger partial charge in [0.15, 0.2) is 6.61 Å². The third-order valence-electron chi connectivity index (χ3n) is 4.11. The minimum absolute atomic E-state index is 0.0697. The van der Waals surface area contributed by atoms with Crippen molar-refractivity contribution < 1.29 is 19.4 Å². The number of hydrogen-bond donors (Lipinski definition) is 2. The van der Waals surface area contributed by atoms with Crippen molar-refractivity contribution in [2.45, 2.75) is 25.7 Å². The Balaban J connectivity index is 1.63. The topological polar surface area (TPSA) is 75.6 Å². The van der Waals surface area contributed by atoms with Crippen molar-refractivity contribution in [3.8, 4) is 5.75 Å². The first kappa shape index (κ1) is 15.2. The highest BCUT2D eigenvalue weighted by atomic mass is 35.5. The molecule has 2 fully saturated rings. The van der Waals surface area contributed by atoms with Gasteiger partial charge in [-0.25, -0.2) is 4.79 Å². The lowest BCUT2D eigenvalue weighted by atomic mass is 9.97. The Morgan fingerprint density at radius 1 is 1.27 bits per heavy atom. The van der Waals surface area contributed by atoms with Crippen LogP contribution in [0.5, 0.6) is 5.75 Å². The fourth-order valence-electron chi connectivity index (χ4n) is 2.78. The first-order valence-corrected chi connectivity index (χ1v) is 7.87. The Hall–Kier alpha value is -1.75. The Kier molecular flexibility index (Phi) is 4.25. The molecule has 0 aliphatic heterocycles. The number of nitrogens with one attached hydrogen (secondary N) is 1. The van der Waals surface area contributed by atoms with Crippen LogP contribution < -0.4 is 10.1 Å². The summed E-state index contributed by atoms with van der Waals surface area (Å²) in [7, 11) is 0. The van der Waals surface area contributed by atoms with E-state index in [4.69, 9.17) is 21.4 Å². The molecule has 1 aromatic rings. The highest BCUT2D eigenvalue weighted by Crippen LogP contribution is 2.49. The van der Waals surface area contributed by atoms with Crippen LogP contribution in [0, 0.1) is 17.8 Å². The molecular formula is C16H18ClNO4. The Morgan fingerprint density at radius 2 is 1.91 bits per heavy atom. The molecule has 0 radical (unpaired) electrons. The predicted octanol–water partition coefficient (Wildman–Crippen LogP) is 3.18. The largest absolute Gasteiger partial charge is 0.480 e. The lowest BCUT2D eigenvalue weighted by molar-refractivity contribution is -0.139. The van der Waals surface area contributed by atoms with Gasteiger partial charge in [0.25, 0.3) is 0 Å². The molecule has 1 aromatic carbocycles. The number of amides is 1. The van der Waals surface area contributed by atoms with Crippen LogP contribution in [0.4, 0.5) is 5.69 Å². The maximum Gasteiger partial charge on any atom is 0.341 e. The molecule has 0 atom stereocenters. The zero-order valence-corrected chi connectivity index (χ0v) is 12.8. The molecular weight excluding hydrogens is 306 g/mol. The van der Waals surface area contributed by atoms with Crippen LogP contribution in [0.25, 0.3) is 0 Å². The molecule has 0 aromatic heterocycles. The Morgan fingerprint density at radius 3 is 2.41 bits per heavy atom. The summed E-state index contributed by atoms with van der Waals surface area (Å²) in [6, 6.07) is 4.84. The van der Waals surface area contributed by atoms with E-state index < -0.39 is 12.6 Å². The van der Waals surface area contributed by atoms with Gasteiger partial charge in [0.1, 0.15) is 5.75 Å². The van der Waals surface area contributed by atoms with Crippen molar-refractivity contribution in [2.75, 3.05) is 11.9 Å². The van der Waals surface area contributed by atoms with Crippen LogP contribution in [0.2, 0.25) is 5.02 Å². The first-order chi connectivity index (χ1) is 10.5. The third-order valence-corrected chi connectivity index (χ3v) is 4.41. The van der Waals surface area contributed by atoms with E-state index in [0.717, 1.165) is 25.7 Å². The number of carboxylic acids is 1. The summed E-state index contributed by atoms with van der Waals surface area (Å²) in [5.74, 6) is 0.512. The van der Waals surface area contributed by atoms with Crippen LogP contribution >= 0.6 is 11.6 Å². The number of rotatable bonds is 7. The number of carbonyl (C=O) groups excluding carboxylic acids is 1. The molecule has 2 saturated carbocycles. The van der Waals surface area contributed by atoms with Crippen molar-refractivity contribution in [2.24, 2.45) is 17.8 Å². The van der Waals surface area contributed by atoms with E-state index in [1.807, 2.05) is 0 Å². The van der Waals surface area contributed by atoms with Crippen LogP contribution in [0.3, 0.4) is 0 Å². The van der Waals surface area contributed by atoms with Crippen molar-refractivity contribution in [1.29, 1.82) is 0 Å². The molecule has 2 aliphatic rings.